The Bertz CT molecular complexity index is 1070. The van der Waals surface area contributed by atoms with E-state index in [0.29, 0.717) is 43.8 Å². The number of oxazole rings is 1. The molecule has 0 saturated heterocycles. The fourth-order valence-electron chi connectivity index (χ4n) is 3.28. The summed E-state index contributed by atoms with van der Waals surface area (Å²) in [6.45, 7) is 2.20. The van der Waals surface area contributed by atoms with E-state index in [1.165, 1.54) is 0 Å². The molecule has 1 aromatic heterocycles. The maximum absolute atomic E-state index is 5.96. The van der Waals surface area contributed by atoms with Crippen molar-refractivity contribution >= 4 is 29.5 Å². The third-order valence-electron chi connectivity index (χ3n) is 4.79. The molecule has 0 radical (unpaired) electrons. The fraction of sp³-hybridized carbons (Fsp3) is 0.208. The number of hydrogen-bond donors (Lipinski definition) is 1. The molecule has 7 heteroatoms. The van der Waals surface area contributed by atoms with Crippen LogP contribution in [0.1, 0.15) is 11.1 Å². The van der Waals surface area contributed by atoms with Gasteiger partial charge in [-0.15, -0.1) is 12.4 Å². The molecule has 0 fully saturated rings. The van der Waals surface area contributed by atoms with Gasteiger partial charge in [0.2, 0.25) is 0 Å². The third-order valence-corrected chi connectivity index (χ3v) is 4.79. The lowest BCUT2D eigenvalue weighted by Gasteiger charge is -2.20. The van der Waals surface area contributed by atoms with E-state index in [1.54, 1.807) is 7.11 Å². The van der Waals surface area contributed by atoms with Crippen LogP contribution in [-0.4, -0.2) is 25.2 Å². The van der Waals surface area contributed by atoms with Crippen molar-refractivity contribution in [3.63, 3.8) is 0 Å². The van der Waals surface area contributed by atoms with Gasteiger partial charge in [0, 0.05) is 19.6 Å². The maximum atomic E-state index is 5.96. The first kappa shape index (κ1) is 22.5. The molecule has 3 aromatic carbocycles. The number of methoxy groups -OCH3 is 1. The minimum Gasteiger partial charge on any atom is -0.493 e. The topological polar surface area (TPSA) is 73.8 Å². The van der Waals surface area contributed by atoms with E-state index in [2.05, 4.69) is 4.98 Å². The second-order valence-electron chi connectivity index (χ2n) is 6.93. The van der Waals surface area contributed by atoms with Crippen LogP contribution < -0.4 is 20.1 Å². The van der Waals surface area contributed by atoms with E-state index in [0.717, 1.165) is 22.2 Å². The first-order valence-electron chi connectivity index (χ1n) is 9.91. The van der Waals surface area contributed by atoms with Gasteiger partial charge >= 0.3 is 0 Å². The number of halogens is 1. The zero-order valence-electron chi connectivity index (χ0n) is 17.4. The van der Waals surface area contributed by atoms with Gasteiger partial charge in [-0.2, -0.15) is 4.98 Å². The molecular weight excluding hydrogens is 414 g/mol. The van der Waals surface area contributed by atoms with E-state index < -0.39 is 0 Å². The van der Waals surface area contributed by atoms with Crippen LogP contribution in [-0.2, 0) is 13.2 Å². The van der Waals surface area contributed by atoms with Crippen LogP contribution in [0.5, 0.6) is 11.5 Å². The summed E-state index contributed by atoms with van der Waals surface area (Å²) >= 11 is 0. The van der Waals surface area contributed by atoms with E-state index >= 15 is 0 Å². The van der Waals surface area contributed by atoms with Crippen LogP contribution in [0.4, 0.5) is 6.01 Å². The lowest BCUT2D eigenvalue weighted by Crippen LogP contribution is -2.29. The highest BCUT2D eigenvalue weighted by Gasteiger charge is 2.15. The Hall–Kier alpha value is -3.22. The normalized spacial score (nSPS) is 10.5. The Morgan fingerprint density at radius 1 is 0.935 bits per heavy atom. The van der Waals surface area contributed by atoms with E-state index in [4.69, 9.17) is 19.6 Å². The second-order valence-corrected chi connectivity index (χ2v) is 6.93. The molecule has 162 valence electrons. The number of aromatic nitrogens is 1. The van der Waals surface area contributed by atoms with Crippen molar-refractivity contribution in [1.29, 1.82) is 0 Å². The monoisotopic (exact) mass is 439 g/mol. The van der Waals surface area contributed by atoms with Gasteiger partial charge in [-0.3, -0.25) is 0 Å². The van der Waals surface area contributed by atoms with E-state index in [9.17, 15) is 0 Å². The number of ether oxygens (including phenoxy) is 2. The average molecular weight is 440 g/mol. The molecule has 0 spiro atoms. The molecule has 2 N–H and O–H groups in total. The van der Waals surface area contributed by atoms with Crippen molar-refractivity contribution < 1.29 is 13.9 Å². The van der Waals surface area contributed by atoms with Gasteiger partial charge < -0.3 is 24.5 Å². The summed E-state index contributed by atoms with van der Waals surface area (Å²) in [7, 11) is 1.65. The molecule has 0 aliphatic rings. The van der Waals surface area contributed by atoms with Crippen molar-refractivity contribution in [2.24, 2.45) is 5.73 Å². The van der Waals surface area contributed by atoms with Gasteiger partial charge in [-0.25, -0.2) is 0 Å². The number of benzene rings is 3. The molecule has 31 heavy (non-hydrogen) atoms. The van der Waals surface area contributed by atoms with Crippen LogP contribution >= 0.6 is 12.4 Å². The summed E-state index contributed by atoms with van der Waals surface area (Å²) in [6, 6.07) is 24.3. The lowest BCUT2D eigenvalue weighted by molar-refractivity contribution is 0.284. The number of para-hydroxylation sites is 2. The lowest BCUT2D eigenvalue weighted by atomic mass is 10.2. The predicted octanol–water partition coefficient (Wildman–Crippen LogP) is 4.80. The summed E-state index contributed by atoms with van der Waals surface area (Å²) in [5, 5.41) is 0. The Balaban J connectivity index is 0.00000272. The summed E-state index contributed by atoms with van der Waals surface area (Å²) < 4.78 is 17.4. The number of hydrogen-bond acceptors (Lipinski definition) is 6. The Morgan fingerprint density at radius 3 is 2.45 bits per heavy atom. The highest BCUT2D eigenvalue weighted by atomic mass is 35.5. The molecule has 0 bridgehead atoms. The third kappa shape index (κ3) is 5.48. The molecule has 4 aromatic rings. The van der Waals surface area contributed by atoms with Gasteiger partial charge in [0.1, 0.15) is 12.1 Å². The largest absolute Gasteiger partial charge is 0.493 e. The molecule has 0 saturated carbocycles. The van der Waals surface area contributed by atoms with Crippen LogP contribution in [0, 0.1) is 0 Å². The molecular formula is C24H26ClN3O3. The highest BCUT2D eigenvalue weighted by molar-refractivity contribution is 5.85. The number of nitrogens with two attached hydrogens (primary N) is 1. The number of nitrogens with zero attached hydrogens (tertiary/aromatic N) is 2. The van der Waals surface area contributed by atoms with E-state index in [-0.39, 0.29) is 12.4 Å². The highest BCUT2D eigenvalue weighted by Crippen LogP contribution is 2.30. The van der Waals surface area contributed by atoms with Gasteiger partial charge in [-0.05, 0) is 35.4 Å². The van der Waals surface area contributed by atoms with Crippen LogP contribution in [0.2, 0.25) is 0 Å². The molecule has 1 heterocycles. The molecule has 0 unspecified atom stereocenters. The molecule has 0 aliphatic carbocycles. The van der Waals surface area contributed by atoms with Gasteiger partial charge in [0.15, 0.2) is 17.1 Å². The molecule has 0 aliphatic heterocycles. The summed E-state index contributed by atoms with van der Waals surface area (Å²) in [5.74, 6) is 1.39. The maximum Gasteiger partial charge on any atom is 0.298 e. The number of anilines is 1. The molecule has 6 nitrogen and oxygen atoms in total. The zero-order valence-corrected chi connectivity index (χ0v) is 18.2. The molecule has 0 atom stereocenters. The average Bonchev–Trinajstić information content (AvgIpc) is 3.23. The smallest absolute Gasteiger partial charge is 0.298 e. The van der Waals surface area contributed by atoms with E-state index in [1.807, 2.05) is 77.7 Å². The second kappa shape index (κ2) is 10.7. The molecule has 0 amide bonds. The minimum absolute atomic E-state index is 0. The fourth-order valence-corrected chi connectivity index (χ4v) is 3.28. The van der Waals surface area contributed by atoms with Crippen molar-refractivity contribution in [2.45, 2.75) is 13.2 Å². The van der Waals surface area contributed by atoms with Crippen molar-refractivity contribution in [2.75, 3.05) is 25.1 Å². The van der Waals surface area contributed by atoms with Crippen molar-refractivity contribution in [1.82, 2.24) is 4.98 Å². The summed E-state index contributed by atoms with van der Waals surface area (Å²) in [5.41, 5.74) is 9.58. The van der Waals surface area contributed by atoms with Crippen LogP contribution in [0.25, 0.3) is 11.1 Å². The number of fused-ring (bicyclic) bond motifs is 1. The van der Waals surface area contributed by atoms with Gasteiger partial charge in [-0.1, -0.05) is 48.5 Å². The Labute approximate surface area is 188 Å². The first-order chi connectivity index (χ1) is 14.8. The number of rotatable bonds is 9. The predicted molar refractivity (Wildman–Crippen MR) is 125 cm³/mol. The standard InChI is InChI=1S/C24H25N3O3.ClH/c1-28-23-15-19(11-12-22(23)29-17-18-7-3-2-4-8-18)16-27(14-13-25)24-26-20-9-5-6-10-21(20)30-24;/h2-12,15H,13-14,16-17,25H2,1H3;1H. The Morgan fingerprint density at radius 2 is 1.71 bits per heavy atom. The van der Waals surface area contributed by atoms with Crippen molar-refractivity contribution in [3.8, 4) is 11.5 Å². The van der Waals surface area contributed by atoms with Gasteiger partial charge in [0.25, 0.3) is 6.01 Å². The molecule has 4 rings (SSSR count). The minimum atomic E-state index is 0. The summed E-state index contributed by atoms with van der Waals surface area (Å²) in [6.07, 6.45) is 0. The SMILES string of the molecule is COc1cc(CN(CCN)c2nc3ccccc3o2)ccc1OCc1ccccc1.Cl. The van der Waals surface area contributed by atoms with Crippen molar-refractivity contribution in [3.05, 3.63) is 83.9 Å². The first-order valence-corrected chi connectivity index (χ1v) is 9.91. The Kier molecular flexibility index (Phi) is 7.76. The van der Waals surface area contributed by atoms with Crippen LogP contribution in [0.3, 0.4) is 0 Å². The zero-order chi connectivity index (χ0) is 20.8. The van der Waals surface area contributed by atoms with Gasteiger partial charge in [0.05, 0.1) is 7.11 Å². The summed E-state index contributed by atoms with van der Waals surface area (Å²) in [4.78, 5) is 6.63. The quantitative estimate of drug-likeness (QED) is 0.403. The van der Waals surface area contributed by atoms with Crippen LogP contribution in [0.15, 0.2) is 77.2 Å².